The second-order valence-electron chi connectivity index (χ2n) is 7.22. The van der Waals surface area contributed by atoms with Crippen LogP contribution in [0.5, 0.6) is 0 Å². The van der Waals surface area contributed by atoms with Crippen LogP contribution in [0.4, 0.5) is 0 Å². The Labute approximate surface area is 157 Å². The summed E-state index contributed by atoms with van der Waals surface area (Å²) >= 11 is 6.03. The zero-order valence-electron chi connectivity index (χ0n) is 15.4. The molecular formula is C17H25ClN6O2. The minimum absolute atomic E-state index is 0.0290. The van der Waals surface area contributed by atoms with E-state index in [4.69, 9.17) is 11.6 Å². The van der Waals surface area contributed by atoms with Crippen LogP contribution in [-0.4, -0.2) is 36.1 Å². The fourth-order valence-corrected chi connectivity index (χ4v) is 3.47. The van der Waals surface area contributed by atoms with E-state index >= 15 is 0 Å². The molecule has 2 aromatic rings. The fraction of sp³-hybridized carbons (Fsp3) is 0.647. The Bertz CT molecular complexity index is 831. The Hall–Kier alpha value is -2.09. The summed E-state index contributed by atoms with van der Waals surface area (Å²) in [7, 11) is 1.68. The summed E-state index contributed by atoms with van der Waals surface area (Å²) in [4.78, 5) is 25.0. The number of fused-ring (bicyclic) bond motifs is 1. The predicted molar refractivity (Wildman–Crippen MR) is 98.4 cm³/mol. The van der Waals surface area contributed by atoms with Crippen molar-refractivity contribution in [1.82, 2.24) is 29.4 Å². The van der Waals surface area contributed by atoms with E-state index in [1.807, 2.05) is 0 Å². The van der Waals surface area contributed by atoms with Gasteiger partial charge < -0.3 is 5.32 Å². The van der Waals surface area contributed by atoms with Gasteiger partial charge in [-0.05, 0) is 25.2 Å². The molecule has 0 bridgehead atoms. The Morgan fingerprint density at radius 3 is 2.85 bits per heavy atom. The van der Waals surface area contributed by atoms with E-state index < -0.39 is 0 Å². The monoisotopic (exact) mass is 380 g/mol. The van der Waals surface area contributed by atoms with Gasteiger partial charge in [-0.2, -0.15) is 10.2 Å². The van der Waals surface area contributed by atoms with Crippen LogP contribution in [0.15, 0.2) is 11.0 Å². The molecule has 0 saturated heterocycles. The van der Waals surface area contributed by atoms with Crippen molar-refractivity contribution in [1.29, 1.82) is 0 Å². The van der Waals surface area contributed by atoms with Gasteiger partial charge in [0.25, 0.3) is 5.91 Å². The van der Waals surface area contributed by atoms with Crippen molar-refractivity contribution in [2.75, 3.05) is 0 Å². The second-order valence-corrected chi connectivity index (χ2v) is 7.63. The van der Waals surface area contributed by atoms with Crippen molar-refractivity contribution in [2.45, 2.75) is 58.7 Å². The first kappa shape index (κ1) is 18.7. The van der Waals surface area contributed by atoms with Crippen molar-refractivity contribution in [2.24, 2.45) is 13.0 Å². The van der Waals surface area contributed by atoms with E-state index in [1.165, 1.54) is 10.9 Å². The maximum atomic E-state index is 12.5. The number of nitrogens with one attached hydrogen (secondary N) is 1. The van der Waals surface area contributed by atoms with E-state index in [-0.39, 0.29) is 17.6 Å². The Kier molecular flexibility index (Phi) is 5.50. The molecule has 0 aliphatic carbocycles. The smallest absolute Gasteiger partial charge is 0.345 e. The highest BCUT2D eigenvalue weighted by Gasteiger charge is 2.24. The third-order valence-corrected chi connectivity index (χ3v) is 5.06. The molecule has 1 aliphatic heterocycles. The van der Waals surface area contributed by atoms with Gasteiger partial charge in [-0.3, -0.25) is 14.0 Å². The third kappa shape index (κ3) is 3.85. The summed E-state index contributed by atoms with van der Waals surface area (Å²) in [6.45, 7) is 5.47. The second kappa shape index (κ2) is 7.65. The van der Waals surface area contributed by atoms with Crippen molar-refractivity contribution in [3.8, 4) is 0 Å². The quantitative estimate of drug-likeness (QED) is 0.853. The van der Waals surface area contributed by atoms with Gasteiger partial charge in [0.15, 0.2) is 0 Å². The summed E-state index contributed by atoms with van der Waals surface area (Å²) in [6, 6.07) is -0.0290. The normalized spacial score (nSPS) is 17.2. The average molecular weight is 381 g/mol. The SMILES string of the molecule is CC(C)CCn1nc2n(c1=O)CCC(NC(=O)c1c(Cl)cnn1C)CC2. The minimum Gasteiger partial charge on any atom is -0.348 e. The molecular weight excluding hydrogens is 356 g/mol. The topological polar surface area (TPSA) is 86.7 Å². The lowest BCUT2D eigenvalue weighted by molar-refractivity contribution is 0.0923. The molecule has 1 aliphatic rings. The lowest BCUT2D eigenvalue weighted by atomic mass is 10.1. The molecule has 3 rings (SSSR count). The number of halogens is 1. The number of hydrogen-bond acceptors (Lipinski definition) is 4. The minimum atomic E-state index is -0.242. The summed E-state index contributed by atoms with van der Waals surface area (Å²) in [5, 5.41) is 11.8. The number of hydrogen-bond donors (Lipinski definition) is 1. The summed E-state index contributed by atoms with van der Waals surface area (Å²) in [5.74, 6) is 1.09. The molecule has 2 aromatic heterocycles. The molecule has 0 spiro atoms. The van der Waals surface area contributed by atoms with Crippen LogP contribution in [0.3, 0.4) is 0 Å². The lowest BCUT2D eigenvalue weighted by Crippen LogP contribution is -2.37. The maximum Gasteiger partial charge on any atom is 0.345 e. The first-order valence-corrected chi connectivity index (χ1v) is 9.39. The van der Waals surface area contributed by atoms with Crippen LogP contribution in [0.25, 0.3) is 0 Å². The van der Waals surface area contributed by atoms with Gasteiger partial charge in [-0.1, -0.05) is 25.4 Å². The first-order chi connectivity index (χ1) is 12.4. The molecule has 3 heterocycles. The highest BCUT2D eigenvalue weighted by Crippen LogP contribution is 2.16. The summed E-state index contributed by atoms with van der Waals surface area (Å²) in [5.41, 5.74) is 0.298. The standard InChI is InChI=1S/C17H25ClN6O2/c1-11(2)6-9-24-17(26)23-8-7-12(4-5-14(23)21-24)20-16(25)15-13(18)10-19-22(15)3/h10-12H,4-9H2,1-3H3,(H,20,25). The molecule has 0 radical (unpaired) electrons. The van der Waals surface area contributed by atoms with Gasteiger partial charge in [0.05, 0.1) is 11.2 Å². The zero-order chi connectivity index (χ0) is 18.8. The number of rotatable bonds is 5. The van der Waals surface area contributed by atoms with E-state index in [9.17, 15) is 9.59 Å². The molecule has 0 saturated carbocycles. The van der Waals surface area contributed by atoms with Gasteiger partial charge in [0.1, 0.15) is 11.5 Å². The van der Waals surface area contributed by atoms with Crippen LogP contribution in [0.1, 0.15) is 49.4 Å². The predicted octanol–water partition coefficient (Wildman–Crippen LogP) is 1.61. The van der Waals surface area contributed by atoms with Crippen molar-refractivity contribution < 1.29 is 4.79 Å². The number of carbonyl (C=O) groups excluding carboxylic acids is 1. The maximum absolute atomic E-state index is 12.5. The van der Waals surface area contributed by atoms with E-state index in [2.05, 4.69) is 29.4 Å². The van der Waals surface area contributed by atoms with Crippen molar-refractivity contribution in [3.05, 3.63) is 33.2 Å². The summed E-state index contributed by atoms with van der Waals surface area (Å²) in [6.07, 6.45) is 4.47. The number of aryl methyl sites for hydroxylation is 3. The van der Waals surface area contributed by atoms with E-state index in [1.54, 1.807) is 16.3 Å². The van der Waals surface area contributed by atoms with Crippen molar-refractivity contribution >= 4 is 17.5 Å². The molecule has 1 atom stereocenters. The highest BCUT2D eigenvalue weighted by molar-refractivity contribution is 6.33. The molecule has 9 heteroatoms. The third-order valence-electron chi connectivity index (χ3n) is 4.78. The van der Waals surface area contributed by atoms with Gasteiger partial charge in [-0.25, -0.2) is 9.48 Å². The molecule has 8 nitrogen and oxygen atoms in total. The Balaban J connectivity index is 1.66. The average Bonchev–Trinajstić information content (AvgIpc) is 2.99. The molecule has 1 unspecified atom stereocenters. The molecule has 0 aromatic carbocycles. The summed E-state index contributed by atoms with van der Waals surface area (Å²) < 4.78 is 4.78. The fourth-order valence-electron chi connectivity index (χ4n) is 3.22. The van der Waals surface area contributed by atoms with Crippen LogP contribution in [0, 0.1) is 5.92 Å². The van der Waals surface area contributed by atoms with Gasteiger partial charge in [0, 0.05) is 32.6 Å². The van der Waals surface area contributed by atoms with Gasteiger partial charge in [0.2, 0.25) is 0 Å². The molecule has 0 fully saturated rings. The molecule has 1 amide bonds. The Morgan fingerprint density at radius 2 is 2.19 bits per heavy atom. The van der Waals surface area contributed by atoms with E-state index in [0.29, 0.717) is 42.6 Å². The van der Waals surface area contributed by atoms with Gasteiger partial charge in [-0.15, -0.1) is 0 Å². The lowest BCUT2D eigenvalue weighted by Gasteiger charge is -2.16. The van der Waals surface area contributed by atoms with Gasteiger partial charge >= 0.3 is 5.69 Å². The number of amides is 1. The first-order valence-electron chi connectivity index (χ1n) is 9.01. The van der Waals surface area contributed by atoms with E-state index in [0.717, 1.165) is 18.7 Å². The van der Waals surface area contributed by atoms with Crippen LogP contribution >= 0.6 is 11.6 Å². The largest absolute Gasteiger partial charge is 0.348 e. The van der Waals surface area contributed by atoms with Crippen LogP contribution in [0.2, 0.25) is 5.02 Å². The molecule has 26 heavy (non-hydrogen) atoms. The number of aromatic nitrogens is 5. The molecule has 142 valence electrons. The van der Waals surface area contributed by atoms with Crippen molar-refractivity contribution in [3.63, 3.8) is 0 Å². The van der Waals surface area contributed by atoms with Crippen LogP contribution in [-0.2, 0) is 26.6 Å². The van der Waals surface area contributed by atoms with Crippen LogP contribution < -0.4 is 11.0 Å². The highest BCUT2D eigenvalue weighted by atomic mass is 35.5. The Morgan fingerprint density at radius 1 is 1.42 bits per heavy atom. The zero-order valence-corrected chi connectivity index (χ0v) is 16.2. The number of carbonyl (C=O) groups is 1. The molecule has 1 N–H and O–H groups in total. The number of nitrogens with zero attached hydrogens (tertiary/aromatic N) is 5.